The molecule has 1 atom stereocenters. The van der Waals surface area contributed by atoms with E-state index >= 15 is 0 Å². The fourth-order valence-corrected chi connectivity index (χ4v) is 1.22. The summed E-state index contributed by atoms with van der Waals surface area (Å²) >= 11 is 0. The second-order valence-corrected chi connectivity index (χ2v) is 3.22. The number of hydrogen-bond donors (Lipinski definition) is 3. The number of carbonyl (C=O) groups is 2. The molecule has 1 aromatic heterocycles. The molecule has 1 aromatic rings. The number of carboxylic acid groups (broad SMARTS) is 1. The lowest BCUT2D eigenvalue weighted by Crippen LogP contribution is -2.42. The van der Waals surface area contributed by atoms with Gasteiger partial charge in [-0.15, -0.1) is 0 Å². The monoisotopic (exact) mass is 227 g/mol. The average molecular weight is 227 g/mol. The maximum atomic E-state index is 11.6. The zero-order valence-electron chi connectivity index (χ0n) is 8.75. The van der Waals surface area contributed by atoms with E-state index < -0.39 is 17.9 Å². The van der Waals surface area contributed by atoms with E-state index in [1.54, 1.807) is 7.05 Å². The number of carboxylic acids is 1. The van der Waals surface area contributed by atoms with Crippen molar-refractivity contribution in [2.45, 2.75) is 12.5 Å². The number of nitrogens with zero attached hydrogens (tertiary/aromatic N) is 2. The van der Waals surface area contributed by atoms with Gasteiger partial charge in [0.1, 0.15) is 11.7 Å². The van der Waals surface area contributed by atoms with Gasteiger partial charge in [-0.25, -0.2) is 4.79 Å². The molecule has 0 saturated carbocycles. The first kappa shape index (κ1) is 12.2. The third-order valence-corrected chi connectivity index (χ3v) is 2.07. The first-order valence-electron chi connectivity index (χ1n) is 4.68. The summed E-state index contributed by atoms with van der Waals surface area (Å²) in [6, 6.07) is 0.389. The number of nitrogens with one attached hydrogen (secondary N) is 1. The summed E-state index contributed by atoms with van der Waals surface area (Å²) in [6.07, 6.45) is 1.41. The van der Waals surface area contributed by atoms with E-state index in [4.69, 9.17) is 10.2 Å². The largest absolute Gasteiger partial charge is 0.480 e. The molecule has 1 rings (SSSR count). The van der Waals surface area contributed by atoms with Crippen molar-refractivity contribution >= 4 is 11.9 Å². The Labute approximate surface area is 91.7 Å². The fourth-order valence-electron chi connectivity index (χ4n) is 1.22. The molecule has 88 valence electrons. The minimum absolute atomic E-state index is 0.0288. The van der Waals surface area contributed by atoms with E-state index in [-0.39, 0.29) is 18.7 Å². The third kappa shape index (κ3) is 2.80. The highest BCUT2D eigenvalue weighted by molar-refractivity contribution is 5.95. The van der Waals surface area contributed by atoms with Crippen molar-refractivity contribution < 1.29 is 19.8 Å². The number of aromatic nitrogens is 2. The summed E-state index contributed by atoms with van der Waals surface area (Å²) in [5, 5.41) is 23.5. The highest BCUT2D eigenvalue weighted by Gasteiger charge is 2.21. The van der Waals surface area contributed by atoms with Crippen LogP contribution in [-0.4, -0.2) is 44.5 Å². The summed E-state index contributed by atoms with van der Waals surface area (Å²) in [4.78, 5) is 22.3. The van der Waals surface area contributed by atoms with E-state index in [0.29, 0.717) is 0 Å². The van der Waals surface area contributed by atoms with Crippen LogP contribution in [0.15, 0.2) is 12.3 Å². The highest BCUT2D eigenvalue weighted by Crippen LogP contribution is 1.99. The Morgan fingerprint density at radius 2 is 2.31 bits per heavy atom. The number of aliphatic hydroxyl groups excluding tert-OH is 1. The summed E-state index contributed by atoms with van der Waals surface area (Å²) in [7, 11) is 1.58. The van der Waals surface area contributed by atoms with Crippen LogP contribution in [0.5, 0.6) is 0 Å². The standard InChI is InChI=1S/C9H13N3O4/c1-12-7(2-4-10-12)8(14)11-6(3-5-13)9(15)16/h2,4,6,13H,3,5H2,1H3,(H,11,14)(H,15,16). The number of aliphatic carboxylic acids is 1. The quantitative estimate of drug-likeness (QED) is 0.597. The van der Waals surface area contributed by atoms with E-state index in [2.05, 4.69) is 10.4 Å². The Balaban J connectivity index is 2.69. The van der Waals surface area contributed by atoms with Gasteiger partial charge in [0.25, 0.3) is 5.91 Å². The normalized spacial score (nSPS) is 12.1. The maximum Gasteiger partial charge on any atom is 0.326 e. The second-order valence-electron chi connectivity index (χ2n) is 3.22. The molecule has 7 nitrogen and oxygen atoms in total. The third-order valence-electron chi connectivity index (χ3n) is 2.07. The Morgan fingerprint density at radius 3 is 2.75 bits per heavy atom. The molecule has 3 N–H and O–H groups in total. The summed E-state index contributed by atoms with van der Waals surface area (Å²) < 4.78 is 1.34. The van der Waals surface area contributed by atoms with Crippen LogP contribution in [0, 0.1) is 0 Å². The number of hydrogen-bond acceptors (Lipinski definition) is 4. The van der Waals surface area contributed by atoms with Crippen molar-refractivity contribution in [3.05, 3.63) is 18.0 Å². The molecule has 0 aliphatic carbocycles. The van der Waals surface area contributed by atoms with Crippen LogP contribution in [-0.2, 0) is 11.8 Å². The molecule has 0 fully saturated rings. The van der Waals surface area contributed by atoms with Gasteiger partial charge < -0.3 is 15.5 Å². The molecule has 0 aliphatic rings. The van der Waals surface area contributed by atoms with Gasteiger partial charge in [-0.05, 0) is 6.07 Å². The lowest BCUT2D eigenvalue weighted by molar-refractivity contribution is -0.139. The average Bonchev–Trinajstić information content (AvgIpc) is 2.63. The molecule has 0 spiro atoms. The summed E-state index contributed by atoms with van der Waals surface area (Å²) in [5.41, 5.74) is 0.268. The molecule has 7 heteroatoms. The molecule has 1 amide bonds. The second kappa shape index (κ2) is 5.26. The lowest BCUT2D eigenvalue weighted by Gasteiger charge is -2.12. The first-order valence-corrected chi connectivity index (χ1v) is 4.68. The molecule has 16 heavy (non-hydrogen) atoms. The predicted molar refractivity (Wildman–Crippen MR) is 53.8 cm³/mol. The molecule has 1 unspecified atom stereocenters. The number of aliphatic hydroxyl groups is 1. The molecule has 0 aromatic carbocycles. The zero-order valence-corrected chi connectivity index (χ0v) is 8.75. The summed E-state index contributed by atoms with van der Waals surface area (Å²) in [6.45, 7) is -0.303. The topological polar surface area (TPSA) is 104 Å². The van der Waals surface area contributed by atoms with Crippen molar-refractivity contribution in [2.75, 3.05) is 6.61 Å². The van der Waals surface area contributed by atoms with Gasteiger partial charge in [0.2, 0.25) is 0 Å². The SMILES string of the molecule is Cn1nccc1C(=O)NC(CCO)C(=O)O. The molecule has 0 aliphatic heterocycles. The molecular formula is C9H13N3O4. The van der Waals surface area contributed by atoms with Crippen molar-refractivity contribution in [3.63, 3.8) is 0 Å². The number of amides is 1. The van der Waals surface area contributed by atoms with Gasteiger partial charge in [-0.3, -0.25) is 9.48 Å². The maximum absolute atomic E-state index is 11.6. The van der Waals surface area contributed by atoms with Gasteiger partial charge >= 0.3 is 5.97 Å². The van der Waals surface area contributed by atoms with Crippen molar-refractivity contribution in [3.8, 4) is 0 Å². The van der Waals surface area contributed by atoms with Crippen LogP contribution in [0.1, 0.15) is 16.9 Å². The van der Waals surface area contributed by atoms with E-state index in [1.165, 1.54) is 16.9 Å². The highest BCUT2D eigenvalue weighted by atomic mass is 16.4. The Kier molecular flexibility index (Phi) is 4.01. The Hall–Kier alpha value is -1.89. The van der Waals surface area contributed by atoms with Crippen molar-refractivity contribution in [1.29, 1.82) is 0 Å². The molecular weight excluding hydrogens is 214 g/mol. The number of carbonyl (C=O) groups excluding carboxylic acids is 1. The molecule has 0 radical (unpaired) electrons. The Morgan fingerprint density at radius 1 is 1.62 bits per heavy atom. The molecule has 0 bridgehead atoms. The van der Waals surface area contributed by atoms with E-state index in [1.807, 2.05) is 0 Å². The molecule has 1 heterocycles. The smallest absolute Gasteiger partial charge is 0.326 e. The summed E-state index contributed by atoms with van der Waals surface area (Å²) in [5.74, 6) is -1.70. The Bertz CT molecular complexity index is 388. The lowest BCUT2D eigenvalue weighted by atomic mass is 10.2. The van der Waals surface area contributed by atoms with Crippen LogP contribution < -0.4 is 5.32 Å². The van der Waals surface area contributed by atoms with Gasteiger partial charge in [0, 0.05) is 26.3 Å². The van der Waals surface area contributed by atoms with Crippen molar-refractivity contribution in [1.82, 2.24) is 15.1 Å². The van der Waals surface area contributed by atoms with Crippen LogP contribution in [0.3, 0.4) is 0 Å². The number of rotatable bonds is 5. The van der Waals surface area contributed by atoms with Gasteiger partial charge in [0.15, 0.2) is 0 Å². The fraction of sp³-hybridized carbons (Fsp3) is 0.444. The van der Waals surface area contributed by atoms with Crippen molar-refractivity contribution in [2.24, 2.45) is 7.05 Å². The van der Waals surface area contributed by atoms with Crippen LogP contribution in [0.25, 0.3) is 0 Å². The van der Waals surface area contributed by atoms with E-state index in [9.17, 15) is 9.59 Å². The van der Waals surface area contributed by atoms with Gasteiger partial charge in [-0.2, -0.15) is 5.10 Å². The first-order chi connectivity index (χ1) is 7.56. The van der Waals surface area contributed by atoms with Gasteiger partial charge in [-0.1, -0.05) is 0 Å². The number of aryl methyl sites for hydroxylation is 1. The minimum Gasteiger partial charge on any atom is -0.480 e. The molecule has 0 saturated heterocycles. The van der Waals surface area contributed by atoms with Crippen LogP contribution in [0.2, 0.25) is 0 Å². The minimum atomic E-state index is -1.18. The van der Waals surface area contributed by atoms with Crippen LogP contribution in [0.4, 0.5) is 0 Å². The van der Waals surface area contributed by atoms with E-state index in [0.717, 1.165) is 0 Å². The van der Waals surface area contributed by atoms with Crippen LogP contribution >= 0.6 is 0 Å². The van der Waals surface area contributed by atoms with Gasteiger partial charge in [0.05, 0.1) is 0 Å². The predicted octanol–water partition coefficient (Wildman–Crippen LogP) is -1.01. The zero-order chi connectivity index (χ0) is 12.1.